The number of carbonyl (C=O) groups excluding carboxylic acids is 3. The summed E-state index contributed by atoms with van der Waals surface area (Å²) in [5.74, 6) is -1.07. The van der Waals surface area contributed by atoms with Gasteiger partial charge in [0.2, 0.25) is 0 Å². The molecular weight excluding hydrogens is 601 g/mol. The summed E-state index contributed by atoms with van der Waals surface area (Å²) in [6.45, 7) is -0.227. The van der Waals surface area contributed by atoms with Crippen molar-refractivity contribution >= 4 is 79.6 Å². The lowest BCUT2D eigenvalue weighted by atomic mass is 10.2. The summed E-state index contributed by atoms with van der Waals surface area (Å²) < 4.78 is 7.17. The lowest BCUT2D eigenvalue weighted by Gasteiger charge is -2.06. The molecule has 0 bridgehead atoms. The first-order valence-electron chi connectivity index (χ1n) is 10.3. The topological polar surface area (TPSA) is 96.9 Å². The summed E-state index contributed by atoms with van der Waals surface area (Å²) in [4.78, 5) is 37.2. The third-order valence-corrected chi connectivity index (χ3v) is 7.32. The number of hydrogen-bond donors (Lipinski definition) is 2. The molecular formula is C25H17ClIN3O4S. The molecule has 0 saturated heterocycles. The minimum Gasteiger partial charge on any atom is -0.422 e. The molecule has 35 heavy (non-hydrogen) atoms. The lowest BCUT2D eigenvalue weighted by molar-refractivity contribution is -0.120. The Morgan fingerprint density at radius 2 is 1.80 bits per heavy atom. The summed E-state index contributed by atoms with van der Waals surface area (Å²) in [5, 5.41) is 7.61. The fraction of sp³-hybridized carbons (Fsp3) is 0.0400. The molecule has 0 saturated carbocycles. The zero-order chi connectivity index (χ0) is 24.8. The minimum absolute atomic E-state index is 0.227. The van der Waals surface area contributed by atoms with Gasteiger partial charge in [0.05, 0.1) is 23.3 Å². The number of carbonyl (C=O) groups is 3. The number of rotatable bonds is 7. The SMILES string of the molecule is O=C(CNC(=O)c1ccccc1I)NN=Cc1cccc(OC(=O)c2sc3ccccc3c2Cl)c1. The Bertz CT molecular complexity index is 1450. The van der Waals surface area contributed by atoms with Gasteiger partial charge in [0, 0.05) is 13.7 Å². The van der Waals surface area contributed by atoms with E-state index in [0.29, 0.717) is 26.8 Å². The van der Waals surface area contributed by atoms with Crippen LogP contribution in [0.5, 0.6) is 5.75 Å². The van der Waals surface area contributed by atoms with Crippen LogP contribution < -0.4 is 15.5 Å². The molecule has 176 valence electrons. The number of fused-ring (bicyclic) bond motifs is 1. The molecule has 7 nitrogen and oxygen atoms in total. The van der Waals surface area contributed by atoms with Crippen molar-refractivity contribution in [3.05, 3.63) is 97.4 Å². The number of amides is 2. The van der Waals surface area contributed by atoms with E-state index in [1.54, 1.807) is 36.4 Å². The third kappa shape index (κ3) is 6.24. The Labute approximate surface area is 223 Å². The van der Waals surface area contributed by atoms with Crippen LogP contribution in [0.4, 0.5) is 0 Å². The Morgan fingerprint density at radius 1 is 1.03 bits per heavy atom. The Kier molecular flexibility index (Phi) is 8.11. The maximum Gasteiger partial charge on any atom is 0.355 e. The molecule has 0 aliphatic rings. The maximum atomic E-state index is 12.6. The van der Waals surface area contributed by atoms with E-state index in [9.17, 15) is 14.4 Å². The normalized spacial score (nSPS) is 10.9. The Hall–Kier alpha value is -3.28. The number of halogens is 2. The van der Waals surface area contributed by atoms with Crippen molar-refractivity contribution in [1.29, 1.82) is 0 Å². The molecule has 3 aromatic carbocycles. The molecule has 1 heterocycles. The number of hydrogen-bond acceptors (Lipinski definition) is 6. The average Bonchev–Trinajstić information content (AvgIpc) is 3.20. The summed E-state index contributed by atoms with van der Waals surface area (Å²) >= 11 is 9.68. The first kappa shape index (κ1) is 24.8. The lowest BCUT2D eigenvalue weighted by Crippen LogP contribution is -2.35. The molecule has 2 N–H and O–H groups in total. The van der Waals surface area contributed by atoms with Gasteiger partial charge < -0.3 is 10.1 Å². The van der Waals surface area contributed by atoms with Gasteiger partial charge in [0.1, 0.15) is 10.6 Å². The van der Waals surface area contributed by atoms with E-state index in [1.165, 1.54) is 17.6 Å². The van der Waals surface area contributed by atoms with Crippen LogP contribution in [0.2, 0.25) is 5.02 Å². The van der Waals surface area contributed by atoms with Crippen molar-refractivity contribution in [2.24, 2.45) is 5.10 Å². The molecule has 0 fully saturated rings. The number of esters is 1. The van der Waals surface area contributed by atoms with Crippen LogP contribution >= 0.6 is 45.5 Å². The van der Waals surface area contributed by atoms with Crippen LogP contribution in [-0.2, 0) is 4.79 Å². The number of thiophene rings is 1. The largest absolute Gasteiger partial charge is 0.422 e. The average molecular weight is 618 g/mol. The van der Waals surface area contributed by atoms with Gasteiger partial charge in [-0.15, -0.1) is 11.3 Å². The predicted molar refractivity (Wildman–Crippen MR) is 145 cm³/mol. The van der Waals surface area contributed by atoms with Gasteiger partial charge in [-0.3, -0.25) is 9.59 Å². The summed E-state index contributed by atoms with van der Waals surface area (Å²) in [7, 11) is 0. The summed E-state index contributed by atoms with van der Waals surface area (Å²) in [6.07, 6.45) is 1.41. The molecule has 0 unspecified atom stereocenters. The summed E-state index contributed by atoms with van der Waals surface area (Å²) in [5.41, 5.74) is 3.44. The molecule has 4 rings (SSSR count). The van der Waals surface area contributed by atoms with E-state index >= 15 is 0 Å². The van der Waals surface area contributed by atoms with Gasteiger partial charge in [0.15, 0.2) is 0 Å². The van der Waals surface area contributed by atoms with Crippen molar-refractivity contribution in [2.45, 2.75) is 0 Å². The first-order chi connectivity index (χ1) is 16.9. The third-order valence-electron chi connectivity index (χ3n) is 4.72. The second-order valence-corrected chi connectivity index (χ2v) is 9.75. The van der Waals surface area contributed by atoms with Crippen LogP contribution in [0.15, 0.2) is 77.9 Å². The van der Waals surface area contributed by atoms with Crippen molar-refractivity contribution in [3.63, 3.8) is 0 Å². The molecule has 0 spiro atoms. The van der Waals surface area contributed by atoms with Crippen molar-refractivity contribution in [3.8, 4) is 5.75 Å². The van der Waals surface area contributed by atoms with Crippen LogP contribution in [0.3, 0.4) is 0 Å². The second-order valence-electron chi connectivity index (χ2n) is 7.16. The zero-order valence-corrected chi connectivity index (χ0v) is 21.7. The highest BCUT2D eigenvalue weighted by atomic mass is 127. The van der Waals surface area contributed by atoms with E-state index in [1.807, 2.05) is 36.4 Å². The predicted octanol–water partition coefficient (Wildman–Crippen LogP) is 5.26. The quantitative estimate of drug-likeness (QED) is 0.0973. The molecule has 4 aromatic rings. The highest BCUT2D eigenvalue weighted by Crippen LogP contribution is 2.35. The number of nitrogens with zero attached hydrogens (tertiary/aromatic N) is 1. The highest BCUT2D eigenvalue weighted by Gasteiger charge is 2.19. The molecule has 10 heteroatoms. The van der Waals surface area contributed by atoms with Gasteiger partial charge in [-0.05, 0) is 58.5 Å². The van der Waals surface area contributed by atoms with E-state index in [4.69, 9.17) is 16.3 Å². The molecule has 1 aromatic heterocycles. The van der Waals surface area contributed by atoms with Gasteiger partial charge in [-0.1, -0.05) is 54.1 Å². The molecule has 2 amide bonds. The van der Waals surface area contributed by atoms with Crippen LogP contribution in [-0.4, -0.2) is 30.5 Å². The molecule has 0 atom stereocenters. The number of ether oxygens (including phenoxy) is 1. The van der Waals surface area contributed by atoms with Gasteiger partial charge in [0.25, 0.3) is 11.8 Å². The number of nitrogens with one attached hydrogen (secondary N) is 2. The molecule has 0 radical (unpaired) electrons. The monoisotopic (exact) mass is 617 g/mol. The van der Waals surface area contributed by atoms with Crippen LogP contribution in [0.1, 0.15) is 25.6 Å². The second kappa shape index (κ2) is 11.4. The van der Waals surface area contributed by atoms with E-state index in [2.05, 4.69) is 38.4 Å². The maximum absolute atomic E-state index is 12.6. The molecule has 0 aliphatic heterocycles. The van der Waals surface area contributed by atoms with Gasteiger partial charge in [-0.2, -0.15) is 5.10 Å². The van der Waals surface area contributed by atoms with Crippen molar-refractivity contribution in [2.75, 3.05) is 6.54 Å². The van der Waals surface area contributed by atoms with Crippen LogP contribution in [0.25, 0.3) is 10.1 Å². The minimum atomic E-state index is -0.553. The standard InChI is InChI=1S/C25H17ClIN3O4S/c26-22-18-9-2-4-11-20(18)35-23(22)25(33)34-16-7-5-6-15(12-16)13-29-30-21(31)14-28-24(32)17-8-1-3-10-19(17)27/h1-13H,14H2,(H,28,32)(H,30,31). The molecule has 0 aliphatic carbocycles. The van der Waals surface area contributed by atoms with Gasteiger partial charge >= 0.3 is 5.97 Å². The van der Waals surface area contributed by atoms with Crippen molar-refractivity contribution in [1.82, 2.24) is 10.7 Å². The zero-order valence-electron chi connectivity index (χ0n) is 18.0. The smallest absolute Gasteiger partial charge is 0.355 e. The van der Waals surface area contributed by atoms with Gasteiger partial charge in [-0.25, -0.2) is 10.2 Å². The summed E-state index contributed by atoms with van der Waals surface area (Å²) in [6, 6.07) is 21.2. The number of hydrazone groups is 1. The van der Waals surface area contributed by atoms with E-state index < -0.39 is 11.9 Å². The number of benzene rings is 3. The Morgan fingerprint density at radius 3 is 2.60 bits per heavy atom. The fourth-order valence-electron chi connectivity index (χ4n) is 3.08. The Balaban J connectivity index is 1.32. The highest BCUT2D eigenvalue weighted by molar-refractivity contribution is 14.1. The van der Waals surface area contributed by atoms with Crippen LogP contribution in [0, 0.1) is 3.57 Å². The van der Waals surface area contributed by atoms with Crippen molar-refractivity contribution < 1.29 is 19.1 Å². The van der Waals surface area contributed by atoms with E-state index in [-0.39, 0.29) is 12.5 Å². The van der Waals surface area contributed by atoms with E-state index in [0.717, 1.165) is 13.7 Å². The first-order valence-corrected chi connectivity index (χ1v) is 12.5. The fourth-order valence-corrected chi connectivity index (χ4v) is 5.09.